The summed E-state index contributed by atoms with van der Waals surface area (Å²) in [5.74, 6) is 0. The van der Waals surface area contributed by atoms with E-state index in [1.807, 2.05) is 13.8 Å². The fourth-order valence-corrected chi connectivity index (χ4v) is 4.70. The van der Waals surface area contributed by atoms with Crippen LogP contribution < -0.4 is 4.72 Å². The summed E-state index contributed by atoms with van der Waals surface area (Å²) in [5.41, 5.74) is 0. The predicted octanol–water partition coefficient (Wildman–Crippen LogP) is 2.41. The molecule has 0 radical (unpaired) electrons. The van der Waals surface area contributed by atoms with Gasteiger partial charge < -0.3 is 5.11 Å². The van der Waals surface area contributed by atoms with E-state index in [1.54, 1.807) is 13.0 Å². The second kappa shape index (κ2) is 6.65. The highest BCUT2D eigenvalue weighted by molar-refractivity contribution is 7.89. The first-order valence-corrected chi connectivity index (χ1v) is 8.47. The van der Waals surface area contributed by atoms with Crippen molar-refractivity contribution in [1.29, 1.82) is 0 Å². The van der Waals surface area contributed by atoms with Crippen molar-refractivity contribution in [2.75, 3.05) is 0 Å². The molecular weight excluding hydrogens is 270 g/mol. The van der Waals surface area contributed by atoms with Gasteiger partial charge in [-0.05, 0) is 25.8 Å². The predicted molar refractivity (Wildman–Crippen MR) is 74.3 cm³/mol. The standard InChI is InChI=1S/C12H21NO3S2/c1-4-6-10(5-2)13-18(15,16)12-7-11(8-14)17-9(12)3/h7,10,13-14H,4-6,8H2,1-3H3. The van der Waals surface area contributed by atoms with Gasteiger partial charge in [0.2, 0.25) is 10.0 Å². The van der Waals surface area contributed by atoms with Gasteiger partial charge in [-0.3, -0.25) is 0 Å². The molecule has 6 heteroatoms. The Labute approximate surface area is 113 Å². The molecule has 0 bridgehead atoms. The Morgan fingerprint density at radius 3 is 2.56 bits per heavy atom. The van der Waals surface area contributed by atoms with Gasteiger partial charge in [0, 0.05) is 15.8 Å². The summed E-state index contributed by atoms with van der Waals surface area (Å²) in [6.45, 7) is 5.66. The number of aliphatic hydroxyl groups excluding tert-OH is 1. The van der Waals surface area contributed by atoms with E-state index >= 15 is 0 Å². The number of aliphatic hydroxyl groups is 1. The first kappa shape index (κ1) is 15.6. The van der Waals surface area contributed by atoms with Crippen molar-refractivity contribution in [1.82, 2.24) is 4.72 Å². The molecule has 0 aliphatic rings. The Hall–Kier alpha value is -0.430. The molecule has 0 saturated heterocycles. The molecule has 0 aliphatic carbocycles. The second-order valence-electron chi connectivity index (χ2n) is 4.31. The number of rotatable bonds is 7. The molecule has 1 aromatic heterocycles. The van der Waals surface area contributed by atoms with Crippen LogP contribution in [0.5, 0.6) is 0 Å². The zero-order chi connectivity index (χ0) is 13.8. The molecule has 18 heavy (non-hydrogen) atoms. The van der Waals surface area contributed by atoms with Crippen molar-refractivity contribution in [2.45, 2.75) is 57.6 Å². The highest BCUT2D eigenvalue weighted by Gasteiger charge is 2.22. The summed E-state index contributed by atoms with van der Waals surface area (Å²) in [6, 6.07) is 1.54. The first-order valence-electron chi connectivity index (χ1n) is 6.17. The minimum Gasteiger partial charge on any atom is -0.391 e. The minimum absolute atomic E-state index is 0.0168. The van der Waals surface area contributed by atoms with Crippen LogP contribution in [0.3, 0.4) is 0 Å². The Bertz CT molecular complexity index is 480. The highest BCUT2D eigenvalue weighted by Crippen LogP contribution is 2.26. The lowest BCUT2D eigenvalue weighted by Gasteiger charge is -2.15. The molecule has 1 aromatic rings. The van der Waals surface area contributed by atoms with Crippen molar-refractivity contribution in [2.24, 2.45) is 0 Å². The smallest absolute Gasteiger partial charge is 0.241 e. The van der Waals surface area contributed by atoms with Gasteiger partial charge >= 0.3 is 0 Å². The van der Waals surface area contributed by atoms with E-state index in [0.717, 1.165) is 24.1 Å². The molecular formula is C12H21NO3S2. The van der Waals surface area contributed by atoms with E-state index in [4.69, 9.17) is 5.11 Å². The number of hydrogen-bond donors (Lipinski definition) is 2. The molecule has 0 aliphatic heterocycles. The normalized spacial score (nSPS) is 13.8. The van der Waals surface area contributed by atoms with Crippen LogP contribution >= 0.6 is 11.3 Å². The maximum absolute atomic E-state index is 12.2. The van der Waals surface area contributed by atoms with Crippen LogP contribution in [0.15, 0.2) is 11.0 Å². The van der Waals surface area contributed by atoms with E-state index < -0.39 is 10.0 Å². The van der Waals surface area contributed by atoms with E-state index in [9.17, 15) is 8.42 Å². The maximum Gasteiger partial charge on any atom is 0.241 e. The van der Waals surface area contributed by atoms with Crippen molar-refractivity contribution < 1.29 is 13.5 Å². The van der Waals surface area contributed by atoms with Crippen LogP contribution in [-0.2, 0) is 16.6 Å². The lowest BCUT2D eigenvalue weighted by molar-refractivity contribution is 0.285. The third kappa shape index (κ3) is 3.78. The minimum atomic E-state index is -3.46. The van der Waals surface area contributed by atoms with Crippen LogP contribution in [-0.4, -0.2) is 19.6 Å². The van der Waals surface area contributed by atoms with E-state index in [-0.39, 0.29) is 12.6 Å². The van der Waals surface area contributed by atoms with Crippen LogP contribution in [0, 0.1) is 6.92 Å². The maximum atomic E-state index is 12.2. The first-order chi connectivity index (χ1) is 8.44. The Morgan fingerprint density at radius 1 is 1.44 bits per heavy atom. The SMILES string of the molecule is CCCC(CC)NS(=O)(=O)c1cc(CO)sc1C. The Kier molecular flexibility index (Phi) is 5.78. The quantitative estimate of drug-likeness (QED) is 0.810. The summed E-state index contributed by atoms with van der Waals surface area (Å²) in [6.07, 6.45) is 2.57. The molecule has 2 N–H and O–H groups in total. The van der Waals surface area contributed by atoms with Gasteiger partial charge in [0.05, 0.1) is 11.5 Å². The summed E-state index contributed by atoms with van der Waals surface area (Å²) in [7, 11) is -3.46. The number of aryl methyl sites for hydroxylation is 1. The van der Waals surface area contributed by atoms with Crippen LogP contribution in [0.2, 0.25) is 0 Å². The average Bonchev–Trinajstić information content (AvgIpc) is 2.70. The summed E-state index contributed by atoms with van der Waals surface area (Å²) < 4.78 is 27.2. The van der Waals surface area contributed by atoms with Crippen LogP contribution in [0.25, 0.3) is 0 Å². The summed E-state index contributed by atoms with van der Waals surface area (Å²) >= 11 is 1.32. The molecule has 0 spiro atoms. The van der Waals surface area contributed by atoms with Crippen LogP contribution in [0.4, 0.5) is 0 Å². The topological polar surface area (TPSA) is 66.4 Å². The van der Waals surface area contributed by atoms with Crippen molar-refractivity contribution >= 4 is 21.4 Å². The molecule has 0 saturated carbocycles. The fraction of sp³-hybridized carbons (Fsp3) is 0.667. The molecule has 1 atom stereocenters. The monoisotopic (exact) mass is 291 g/mol. The second-order valence-corrected chi connectivity index (χ2v) is 7.33. The lowest BCUT2D eigenvalue weighted by Crippen LogP contribution is -2.34. The number of thiophene rings is 1. The van der Waals surface area contributed by atoms with Crippen molar-refractivity contribution in [3.63, 3.8) is 0 Å². The van der Waals surface area contributed by atoms with Crippen molar-refractivity contribution in [3.8, 4) is 0 Å². The molecule has 0 amide bonds. The van der Waals surface area contributed by atoms with Gasteiger partial charge in [-0.25, -0.2) is 13.1 Å². The van der Waals surface area contributed by atoms with Gasteiger partial charge in [0.1, 0.15) is 0 Å². The molecule has 1 rings (SSSR count). The third-order valence-electron chi connectivity index (χ3n) is 2.82. The Balaban J connectivity index is 2.94. The highest BCUT2D eigenvalue weighted by atomic mass is 32.2. The molecule has 104 valence electrons. The lowest BCUT2D eigenvalue weighted by atomic mass is 10.1. The van der Waals surface area contributed by atoms with Gasteiger partial charge in [-0.1, -0.05) is 20.3 Å². The van der Waals surface area contributed by atoms with Gasteiger partial charge in [-0.15, -0.1) is 11.3 Å². The summed E-state index contributed by atoms with van der Waals surface area (Å²) in [4.78, 5) is 1.69. The average molecular weight is 291 g/mol. The van der Waals surface area contributed by atoms with E-state index in [1.165, 1.54) is 11.3 Å². The molecule has 0 aromatic carbocycles. The van der Waals surface area contributed by atoms with E-state index in [2.05, 4.69) is 4.72 Å². The van der Waals surface area contributed by atoms with Gasteiger partial charge in [0.15, 0.2) is 0 Å². The van der Waals surface area contributed by atoms with Crippen LogP contribution in [0.1, 0.15) is 42.9 Å². The van der Waals surface area contributed by atoms with Gasteiger partial charge in [0.25, 0.3) is 0 Å². The van der Waals surface area contributed by atoms with Crippen molar-refractivity contribution in [3.05, 3.63) is 15.8 Å². The zero-order valence-corrected chi connectivity index (χ0v) is 12.7. The molecule has 1 unspecified atom stereocenters. The van der Waals surface area contributed by atoms with E-state index in [0.29, 0.717) is 9.77 Å². The number of sulfonamides is 1. The third-order valence-corrected chi connectivity index (χ3v) is 5.63. The van der Waals surface area contributed by atoms with Gasteiger partial charge in [-0.2, -0.15) is 0 Å². The fourth-order valence-electron chi connectivity index (χ4n) is 1.85. The molecule has 0 fully saturated rings. The molecule has 1 heterocycles. The number of nitrogens with one attached hydrogen (secondary N) is 1. The zero-order valence-electron chi connectivity index (χ0n) is 11.1. The largest absolute Gasteiger partial charge is 0.391 e. The number of hydrogen-bond acceptors (Lipinski definition) is 4. The summed E-state index contributed by atoms with van der Waals surface area (Å²) in [5, 5.41) is 9.05. The molecule has 4 nitrogen and oxygen atoms in total. The Morgan fingerprint density at radius 2 is 2.11 bits per heavy atom.